The van der Waals surface area contributed by atoms with Gasteiger partial charge in [0.15, 0.2) is 0 Å². The Morgan fingerprint density at radius 1 is 1.67 bits per heavy atom. The van der Waals surface area contributed by atoms with E-state index >= 15 is 0 Å². The SMILES string of the molecule is C=NCN1CC1. The van der Waals surface area contributed by atoms with Crippen LogP contribution in [0.3, 0.4) is 0 Å². The number of rotatable bonds is 2. The first-order valence-electron chi connectivity index (χ1n) is 2.08. The molecule has 0 radical (unpaired) electrons. The van der Waals surface area contributed by atoms with Crippen molar-refractivity contribution in [3.63, 3.8) is 0 Å². The highest BCUT2D eigenvalue weighted by Gasteiger charge is 2.13. The second-order valence-corrected chi connectivity index (χ2v) is 1.48. The first-order chi connectivity index (χ1) is 2.93. The molecule has 0 aromatic heterocycles. The second-order valence-electron chi connectivity index (χ2n) is 1.48. The predicted octanol–water partition coefficient (Wildman–Crippen LogP) is -0.0399. The van der Waals surface area contributed by atoms with Crippen LogP contribution in [0.15, 0.2) is 4.99 Å². The van der Waals surface area contributed by atoms with E-state index in [0.29, 0.717) is 0 Å². The molecule has 1 aliphatic rings. The van der Waals surface area contributed by atoms with Gasteiger partial charge in [0.05, 0.1) is 6.67 Å². The summed E-state index contributed by atoms with van der Waals surface area (Å²) in [5.41, 5.74) is 0. The van der Waals surface area contributed by atoms with E-state index < -0.39 is 0 Å². The van der Waals surface area contributed by atoms with Crippen molar-refractivity contribution in [1.29, 1.82) is 0 Å². The fourth-order valence-electron chi connectivity index (χ4n) is 0.354. The van der Waals surface area contributed by atoms with E-state index in [0.717, 1.165) is 6.67 Å². The quantitative estimate of drug-likeness (QED) is 0.338. The summed E-state index contributed by atoms with van der Waals surface area (Å²) >= 11 is 0. The molecule has 0 aromatic carbocycles. The Labute approximate surface area is 37.5 Å². The Hall–Kier alpha value is -0.370. The molecule has 0 spiro atoms. The lowest BCUT2D eigenvalue weighted by atomic mass is 11.0. The Morgan fingerprint density at radius 2 is 2.33 bits per heavy atom. The molecule has 0 saturated carbocycles. The van der Waals surface area contributed by atoms with Gasteiger partial charge in [0.25, 0.3) is 0 Å². The third kappa shape index (κ3) is 0.792. The smallest absolute Gasteiger partial charge is 0.0903 e. The molecule has 1 saturated heterocycles. The van der Waals surface area contributed by atoms with Crippen molar-refractivity contribution in [2.24, 2.45) is 4.99 Å². The fraction of sp³-hybridized carbons (Fsp3) is 0.750. The summed E-state index contributed by atoms with van der Waals surface area (Å²) in [5.74, 6) is 0. The summed E-state index contributed by atoms with van der Waals surface area (Å²) in [6.45, 7) is 6.62. The molecule has 0 bridgehead atoms. The molecule has 1 fully saturated rings. The van der Waals surface area contributed by atoms with E-state index in [2.05, 4.69) is 16.6 Å². The number of aliphatic imine (C=N–C) groups is 1. The standard InChI is InChI=1S/C4H8N2/c1-5-4-6-2-3-6/h1-4H2. The van der Waals surface area contributed by atoms with Crippen molar-refractivity contribution in [3.05, 3.63) is 0 Å². The average Bonchev–Trinajstić information content (AvgIpc) is 2.21. The Balaban J connectivity index is 2.00. The van der Waals surface area contributed by atoms with Gasteiger partial charge >= 0.3 is 0 Å². The molecule has 0 N–H and O–H groups in total. The maximum absolute atomic E-state index is 3.67. The summed E-state index contributed by atoms with van der Waals surface area (Å²) in [4.78, 5) is 5.88. The van der Waals surface area contributed by atoms with Gasteiger partial charge in [-0.15, -0.1) is 0 Å². The van der Waals surface area contributed by atoms with E-state index in [-0.39, 0.29) is 0 Å². The summed E-state index contributed by atoms with van der Waals surface area (Å²) in [6, 6.07) is 0. The van der Waals surface area contributed by atoms with Crippen molar-refractivity contribution in [3.8, 4) is 0 Å². The first kappa shape index (κ1) is 3.81. The first-order valence-corrected chi connectivity index (χ1v) is 2.08. The van der Waals surface area contributed by atoms with E-state index in [4.69, 9.17) is 0 Å². The molecular weight excluding hydrogens is 76.1 g/mol. The van der Waals surface area contributed by atoms with Gasteiger partial charge in [0.1, 0.15) is 0 Å². The minimum absolute atomic E-state index is 0.833. The van der Waals surface area contributed by atoms with Crippen LogP contribution in [-0.2, 0) is 0 Å². The van der Waals surface area contributed by atoms with E-state index in [1.54, 1.807) is 0 Å². The molecule has 0 aliphatic carbocycles. The van der Waals surface area contributed by atoms with Gasteiger partial charge in [-0.25, -0.2) is 0 Å². The lowest BCUT2D eigenvalue weighted by molar-refractivity contribution is 0.582. The summed E-state index contributed by atoms with van der Waals surface area (Å²) in [5, 5.41) is 0. The lowest BCUT2D eigenvalue weighted by Gasteiger charge is -1.84. The Kier molecular flexibility index (Phi) is 0.881. The summed E-state index contributed by atoms with van der Waals surface area (Å²) < 4.78 is 0. The van der Waals surface area contributed by atoms with Gasteiger partial charge in [-0.3, -0.25) is 9.89 Å². The highest BCUT2D eigenvalue weighted by Crippen LogP contribution is 1.99. The van der Waals surface area contributed by atoms with E-state index in [1.807, 2.05) is 0 Å². The van der Waals surface area contributed by atoms with Crippen molar-refractivity contribution < 1.29 is 0 Å². The van der Waals surface area contributed by atoms with Crippen LogP contribution in [0.5, 0.6) is 0 Å². The monoisotopic (exact) mass is 84.1 g/mol. The van der Waals surface area contributed by atoms with Crippen LogP contribution in [0.1, 0.15) is 0 Å². The van der Waals surface area contributed by atoms with Crippen molar-refractivity contribution in [1.82, 2.24) is 4.90 Å². The average molecular weight is 84.1 g/mol. The lowest BCUT2D eigenvalue weighted by Crippen LogP contribution is -1.92. The summed E-state index contributed by atoms with van der Waals surface area (Å²) in [6.07, 6.45) is 0. The van der Waals surface area contributed by atoms with Crippen LogP contribution in [0.25, 0.3) is 0 Å². The van der Waals surface area contributed by atoms with Gasteiger partial charge < -0.3 is 0 Å². The Morgan fingerprint density at radius 3 is 2.50 bits per heavy atom. The molecule has 1 rings (SSSR count). The highest BCUT2D eigenvalue weighted by molar-refractivity contribution is 5.23. The van der Waals surface area contributed by atoms with E-state index in [1.165, 1.54) is 13.1 Å². The topological polar surface area (TPSA) is 15.4 Å². The van der Waals surface area contributed by atoms with Crippen LogP contribution >= 0.6 is 0 Å². The molecule has 2 nitrogen and oxygen atoms in total. The van der Waals surface area contributed by atoms with Gasteiger partial charge in [-0.1, -0.05) is 0 Å². The van der Waals surface area contributed by atoms with Gasteiger partial charge in [0.2, 0.25) is 0 Å². The second kappa shape index (κ2) is 1.39. The fourth-order valence-corrected chi connectivity index (χ4v) is 0.354. The third-order valence-electron chi connectivity index (χ3n) is 0.840. The minimum Gasteiger partial charge on any atom is -0.285 e. The molecule has 0 unspecified atom stereocenters. The van der Waals surface area contributed by atoms with Crippen LogP contribution in [0.2, 0.25) is 0 Å². The largest absolute Gasteiger partial charge is 0.285 e. The zero-order chi connectivity index (χ0) is 4.41. The molecule has 0 atom stereocenters. The highest BCUT2D eigenvalue weighted by atomic mass is 15.3. The zero-order valence-corrected chi connectivity index (χ0v) is 3.72. The summed E-state index contributed by atoms with van der Waals surface area (Å²) in [7, 11) is 0. The molecule has 34 valence electrons. The molecule has 0 aromatic rings. The van der Waals surface area contributed by atoms with Crippen LogP contribution in [-0.4, -0.2) is 31.4 Å². The third-order valence-corrected chi connectivity index (χ3v) is 0.840. The Bertz CT molecular complexity index is 56.6. The van der Waals surface area contributed by atoms with Crippen molar-refractivity contribution in [2.45, 2.75) is 0 Å². The molecular formula is C4H8N2. The number of hydrogen-bond acceptors (Lipinski definition) is 2. The van der Waals surface area contributed by atoms with Crippen molar-refractivity contribution in [2.75, 3.05) is 19.8 Å². The predicted molar refractivity (Wildman–Crippen MR) is 26.0 cm³/mol. The molecule has 2 heteroatoms. The van der Waals surface area contributed by atoms with Gasteiger partial charge in [-0.05, 0) is 6.72 Å². The minimum atomic E-state index is 0.833. The van der Waals surface area contributed by atoms with Gasteiger partial charge in [0, 0.05) is 13.1 Å². The number of nitrogens with zero attached hydrogens (tertiary/aromatic N) is 2. The number of hydrogen-bond donors (Lipinski definition) is 0. The molecule has 1 heterocycles. The maximum atomic E-state index is 3.67. The van der Waals surface area contributed by atoms with Crippen LogP contribution < -0.4 is 0 Å². The zero-order valence-electron chi connectivity index (χ0n) is 3.72. The van der Waals surface area contributed by atoms with Crippen molar-refractivity contribution >= 4 is 6.72 Å². The van der Waals surface area contributed by atoms with Crippen LogP contribution in [0.4, 0.5) is 0 Å². The molecule has 0 amide bonds. The van der Waals surface area contributed by atoms with E-state index in [9.17, 15) is 0 Å². The van der Waals surface area contributed by atoms with Gasteiger partial charge in [-0.2, -0.15) is 0 Å². The molecule has 6 heavy (non-hydrogen) atoms. The van der Waals surface area contributed by atoms with Crippen LogP contribution in [0, 0.1) is 0 Å². The molecule has 1 aliphatic heterocycles. The normalized spacial score (nSPS) is 20.7. The maximum Gasteiger partial charge on any atom is 0.0903 e.